The highest BCUT2D eigenvalue weighted by Gasteiger charge is 2.32. The molecule has 1 aliphatic heterocycles. The molecule has 5 nitrogen and oxygen atoms in total. The summed E-state index contributed by atoms with van der Waals surface area (Å²) in [7, 11) is 1.49. The predicted octanol–water partition coefficient (Wildman–Crippen LogP) is -0.0456. The van der Waals surface area contributed by atoms with Crippen LogP contribution in [0.2, 0.25) is 0 Å². The Kier molecular flexibility index (Phi) is 3.88. The van der Waals surface area contributed by atoms with E-state index in [0.717, 1.165) is 12.8 Å². The van der Waals surface area contributed by atoms with E-state index >= 15 is 0 Å². The predicted molar refractivity (Wildman–Crippen MR) is 48.8 cm³/mol. The molecule has 2 unspecified atom stereocenters. The first-order valence-electron chi connectivity index (χ1n) is 4.64. The molecule has 1 rings (SSSR count). The zero-order chi connectivity index (χ0) is 10.6. The zero-order valence-corrected chi connectivity index (χ0v) is 8.18. The Morgan fingerprint density at radius 3 is 2.86 bits per heavy atom. The van der Waals surface area contributed by atoms with Gasteiger partial charge in [-0.25, -0.2) is 4.79 Å². The maximum atomic E-state index is 10.9. The van der Waals surface area contributed by atoms with E-state index in [4.69, 9.17) is 9.84 Å². The topological polar surface area (TPSA) is 66.8 Å². The van der Waals surface area contributed by atoms with Crippen LogP contribution in [0.3, 0.4) is 0 Å². The van der Waals surface area contributed by atoms with Crippen LogP contribution < -0.4 is 0 Å². The van der Waals surface area contributed by atoms with E-state index in [1.54, 1.807) is 0 Å². The zero-order valence-electron chi connectivity index (χ0n) is 8.18. The highest BCUT2D eigenvalue weighted by Crippen LogP contribution is 2.20. The molecule has 1 amide bonds. The third-order valence-electron chi connectivity index (χ3n) is 2.50. The van der Waals surface area contributed by atoms with Gasteiger partial charge < -0.3 is 14.7 Å². The largest absolute Gasteiger partial charge is 0.480 e. The molecule has 1 N–H and O–H groups in total. The summed E-state index contributed by atoms with van der Waals surface area (Å²) in [6, 6.07) is -0.757. The van der Waals surface area contributed by atoms with Gasteiger partial charge in [0.05, 0.1) is 6.61 Å². The summed E-state index contributed by atoms with van der Waals surface area (Å²) in [6.07, 6.45) is 2.21. The van der Waals surface area contributed by atoms with Crippen molar-refractivity contribution in [3.63, 3.8) is 0 Å². The molecule has 1 fully saturated rings. The van der Waals surface area contributed by atoms with Gasteiger partial charge in [-0.2, -0.15) is 0 Å². The summed E-state index contributed by atoms with van der Waals surface area (Å²) >= 11 is 0. The van der Waals surface area contributed by atoms with Crippen LogP contribution in [0.1, 0.15) is 12.8 Å². The number of carboxylic acids is 1. The lowest BCUT2D eigenvalue weighted by atomic mass is 9.93. The summed E-state index contributed by atoms with van der Waals surface area (Å²) in [6.45, 7) is 1.11. The Bertz CT molecular complexity index is 213. The molecule has 0 aliphatic carbocycles. The van der Waals surface area contributed by atoms with Crippen LogP contribution >= 0.6 is 0 Å². The summed E-state index contributed by atoms with van der Waals surface area (Å²) in [5.41, 5.74) is 0. The normalized spacial score (nSPS) is 23.9. The second-order valence-electron chi connectivity index (χ2n) is 3.53. The average molecular weight is 201 g/mol. The first-order valence-corrected chi connectivity index (χ1v) is 4.64. The summed E-state index contributed by atoms with van der Waals surface area (Å²) in [4.78, 5) is 22.7. The monoisotopic (exact) mass is 201 g/mol. The Morgan fingerprint density at radius 1 is 1.71 bits per heavy atom. The number of ether oxygens (including phenoxy) is 1. The molecule has 0 saturated carbocycles. The number of amides is 1. The van der Waals surface area contributed by atoms with Gasteiger partial charge in [-0.15, -0.1) is 0 Å². The Hall–Kier alpha value is -1.10. The van der Waals surface area contributed by atoms with Gasteiger partial charge in [0.1, 0.15) is 6.04 Å². The van der Waals surface area contributed by atoms with E-state index < -0.39 is 12.0 Å². The van der Waals surface area contributed by atoms with Crippen LogP contribution in [0.5, 0.6) is 0 Å². The number of rotatable bonds is 4. The van der Waals surface area contributed by atoms with Crippen molar-refractivity contribution in [1.29, 1.82) is 0 Å². The van der Waals surface area contributed by atoms with E-state index in [0.29, 0.717) is 19.6 Å². The van der Waals surface area contributed by atoms with Crippen molar-refractivity contribution in [3.8, 4) is 0 Å². The summed E-state index contributed by atoms with van der Waals surface area (Å²) in [5, 5.41) is 8.97. The molecule has 2 atom stereocenters. The Morgan fingerprint density at radius 2 is 2.43 bits per heavy atom. The molecule has 0 bridgehead atoms. The second kappa shape index (κ2) is 4.95. The van der Waals surface area contributed by atoms with Crippen molar-refractivity contribution < 1.29 is 19.4 Å². The number of nitrogens with zero attached hydrogens (tertiary/aromatic N) is 1. The molecule has 1 saturated heterocycles. The molecule has 1 heterocycles. The molecular weight excluding hydrogens is 186 g/mol. The van der Waals surface area contributed by atoms with E-state index in [1.165, 1.54) is 11.9 Å². The molecule has 0 aromatic heterocycles. The van der Waals surface area contributed by atoms with Gasteiger partial charge in [-0.05, 0) is 12.8 Å². The lowest BCUT2D eigenvalue weighted by molar-refractivity contribution is -0.150. The molecule has 1 aliphatic rings. The van der Waals surface area contributed by atoms with Crippen LogP contribution in [0.25, 0.3) is 0 Å². The Balaban J connectivity index is 2.65. The average Bonchev–Trinajstić information content (AvgIpc) is 2.19. The minimum absolute atomic E-state index is 0.0866. The fourth-order valence-corrected chi connectivity index (χ4v) is 1.79. The van der Waals surface area contributed by atoms with Gasteiger partial charge in [-0.1, -0.05) is 0 Å². The minimum atomic E-state index is -0.963. The van der Waals surface area contributed by atoms with Crippen molar-refractivity contribution in [2.45, 2.75) is 18.9 Å². The van der Waals surface area contributed by atoms with Crippen molar-refractivity contribution in [1.82, 2.24) is 4.90 Å². The summed E-state index contributed by atoms with van der Waals surface area (Å²) < 4.78 is 5.20. The van der Waals surface area contributed by atoms with Crippen LogP contribution in [0.4, 0.5) is 0 Å². The van der Waals surface area contributed by atoms with Gasteiger partial charge in [0, 0.05) is 19.6 Å². The van der Waals surface area contributed by atoms with Crippen LogP contribution in [0, 0.1) is 5.92 Å². The lowest BCUT2D eigenvalue weighted by Gasteiger charge is -2.31. The molecular formula is C9H15NO4. The third-order valence-corrected chi connectivity index (χ3v) is 2.50. The van der Waals surface area contributed by atoms with E-state index in [9.17, 15) is 9.59 Å². The third kappa shape index (κ3) is 2.45. The maximum Gasteiger partial charge on any atom is 0.326 e. The van der Waals surface area contributed by atoms with Gasteiger partial charge in [0.2, 0.25) is 6.41 Å². The van der Waals surface area contributed by atoms with Crippen LogP contribution in [-0.4, -0.2) is 48.7 Å². The number of carboxylic acid groups (broad SMARTS) is 1. The number of hydrogen-bond donors (Lipinski definition) is 1. The molecule has 80 valence electrons. The van der Waals surface area contributed by atoms with Gasteiger partial charge in [0.25, 0.3) is 0 Å². The molecule has 0 aromatic carbocycles. The highest BCUT2D eigenvalue weighted by atomic mass is 16.5. The second-order valence-corrected chi connectivity index (χ2v) is 3.53. The quantitative estimate of drug-likeness (QED) is 0.648. The number of likely N-dealkylation sites (N-methyl/N-ethyl adjacent to an activating group) is 1. The van der Waals surface area contributed by atoms with Gasteiger partial charge >= 0.3 is 5.97 Å². The van der Waals surface area contributed by atoms with E-state index in [2.05, 4.69) is 0 Å². The molecule has 0 spiro atoms. The standard InChI is InChI=1S/C9H15NO4/c1-10(6-11)8(9(12)13)7-3-2-4-14-5-7/h6-8H,2-5H2,1H3,(H,12,13). The van der Waals surface area contributed by atoms with Gasteiger partial charge in [-0.3, -0.25) is 4.79 Å². The van der Waals surface area contributed by atoms with Crippen LogP contribution in [-0.2, 0) is 14.3 Å². The molecule has 14 heavy (non-hydrogen) atoms. The lowest BCUT2D eigenvalue weighted by Crippen LogP contribution is -2.46. The number of carbonyl (C=O) groups is 2. The first kappa shape index (κ1) is 11.0. The first-order chi connectivity index (χ1) is 6.66. The number of carbonyl (C=O) groups excluding carboxylic acids is 1. The Labute approximate surface area is 82.6 Å². The fraction of sp³-hybridized carbons (Fsp3) is 0.778. The van der Waals surface area contributed by atoms with E-state index in [1.807, 2.05) is 0 Å². The van der Waals surface area contributed by atoms with Crippen molar-refractivity contribution >= 4 is 12.4 Å². The maximum absolute atomic E-state index is 10.9. The highest BCUT2D eigenvalue weighted by molar-refractivity contribution is 5.76. The van der Waals surface area contributed by atoms with E-state index in [-0.39, 0.29) is 5.92 Å². The molecule has 0 aromatic rings. The molecule has 5 heteroatoms. The van der Waals surface area contributed by atoms with Crippen molar-refractivity contribution in [2.24, 2.45) is 5.92 Å². The van der Waals surface area contributed by atoms with Gasteiger partial charge in [0.15, 0.2) is 0 Å². The molecule has 0 radical (unpaired) electrons. The smallest absolute Gasteiger partial charge is 0.326 e. The SMILES string of the molecule is CN(C=O)C(C(=O)O)C1CCCOC1. The minimum Gasteiger partial charge on any atom is -0.480 e. The number of hydrogen-bond acceptors (Lipinski definition) is 3. The summed E-state index contributed by atoms with van der Waals surface area (Å²) in [5.74, 6) is -1.05. The van der Waals surface area contributed by atoms with Crippen molar-refractivity contribution in [3.05, 3.63) is 0 Å². The fourth-order valence-electron chi connectivity index (χ4n) is 1.79. The number of aliphatic carboxylic acids is 1. The van der Waals surface area contributed by atoms with Crippen LogP contribution in [0.15, 0.2) is 0 Å². The van der Waals surface area contributed by atoms with Crippen molar-refractivity contribution in [2.75, 3.05) is 20.3 Å².